The monoisotopic (exact) mass is 262 g/mol. The largest absolute Gasteiger partial charge is 0.0877 e. The molecule has 0 radical (unpaired) electrons. The molecule has 2 aliphatic carbocycles. The summed E-state index contributed by atoms with van der Waals surface area (Å²) >= 11 is 0. The van der Waals surface area contributed by atoms with E-state index < -0.39 is 0 Å². The molecule has 0 nitrogen and oxygen atoms in total. The van der Waals surface area contributed by atoms with E-state index in [-0.39, 0.29) is 7.43 Å². The Morgan fingerprint density at radius 3 is 1.79 bits per heavy atom. The van der Waals surface area contributed by atoms with Crippen molar-refractivity contribution in [2.75, 3.05) is 0 Å². The van der Waals surface area contributed by atoms with Crippen molar-refractivity contribution in [2.24, 2.45) is 23.7 Å². The Morgan fingerprint density at radius 2 is 1.26 bits per heavy atom. The van der Waals surface area contributed by atoms with E-state index in [0.717, 1.165) is 23.7 Å². The zero-order valence-electron chi connectivity index (χ0n) is 12.3. The maximum absolute atomic E-state index is 2.43. The van der Waals surface area contributed by atoms with Gasteiger partial charge in [0.1, 0.15) is 0 Å². The average Bonchev–Trinajstić information content (AvgIpc) is 2.41. The minimum atomic E-state index is 0. The van der Waals surface area contributed by atoms with Crippen molar-refractivity contribution in [3.8, 4) is 0 Å². The average molecular weight is 262 g/mol. The molecule has 0 amide bonds. The molecule has 19 heavy (non-hydrogen) atoms. The lowest BCUT2D eigenvalue weighted by molar-refractivity contribution is 0.160. The van der Waals surface area contributed by atoms with Gasteiger partial charge in [-0.15, -0.1) is 0 Å². The Morgan fingerprint density at radius 1 is 0.737 bits per heavy atom. The molecule has 0 N–H and O–H groups in total. The molecule has 2 fully saturated rings. The number of allylic oxidation sites excluding steroid dienone is 4. The van der Waals surface area contributed by atoms with Crippen molar-refractivity contribution < 1.29 is 0 Å². The quantitative estimate of drug-likeness (QED) is 0.517. The van der Waals surface area contributed by atoms with Crippen LogP contribution in [0.25, 0.3) is 0 Å². The fourth-order valence-corrected chi connectivity index (χ4v) is 3.90. The van der Waals surface area contributed by atoms with Gasteiger partial charge < -0.3 is 0 Å². The van der Waals surface area contributed by atoms with E-state index in [1.54, 1.807) is 0 Å². The van der Waals surface area contributed by atoms with Crippen molar-refractivity contribution in [1.29, 1.82) is 0 Å². The molecule has 0 spiro atoms. The molecule has 0 unspecified atom stereocenters. The molecule has 0 atom stereocenters. The highest BCUT2D eigenvalue weighted by molar-refractivity contribution is 5.04. The zero-order chi connectivity index (χ0) is 12.8. The lowest BCUT2D eigenvalue weighted by atomic mass is 9.69. The lowest BCUT2D eigenvalue weighted by Crippen LogP contribution is -2.24. The molecule has 0 aliphatic heterocycles. The zero-order valence-corrected chi connectivity index (χ0v) is 12.3. The summed E-state index contributed by atoms with van der Waals surface area (Å²) in [5, 5.41) is 0. The summed E-state index contributed by atoms with van der Waals surface area (Å²) in [5.41, 5.74) is 0. The third-order valence-electron chi connectivity index (χ3n) is 5.23. The first kappa shape index (κ1) is 16.5. The SMILES string of the molecule is C.CC=CC=CC1CCC(C2CCC(C)CC2)CC1. The van der Waals surface area contributed by atoms with Crippen molar-refractivity contribution in [3.63, 3.8) is 0 Å². The number of rotatable bonds is 3. The first-order valence-corrected chi connectivity index (χ1v) is 8.09. The van der Waals surface area contributed by atoms with Gasteiger partial charge in [-0.2, -0.15) is 0 Å². The highest BCUT2D eigenvalue weighted by atomic mass is 14.3. The minimum Gasteiger partial charge on any atom is -0.0877 e. The van der Waals surface area contributed by atoms with Crippen LogP contribution < -0.4 is 0 Å². The molecule has 2 rings (SSSR count). The Labute approximate surface area is 121 Å². The van der Waals surface area contributed by atoms with Gasteiger partial charge in [-0.3, -0.25) is 0 Å². The Bertz CT molecular complexity index is 270. The predicted molar refractivity (Wildman–Crippen MR) is 87.3 cm³/mol. The lowest BCUT2D eigenvalue weighted by Gasteiger charge is -2.36. The van der Waals surface area contributed by atoms with Crippen LogP contribution in [0.1, 0.15) is 72.6 Å². The Balaban J connectivity index is 0.00000180. The van der Waals surface area contributed by atoms with E-state index >= 15 is 0 Å². The van der Waals surface area contributed by atoms with Gasteiger partial charge in [-0.25, -0.2) is 0 Å². The third-order valence-corrected chi connectivity index (χ3v) is 5.23. The van der Waals surface area contributed by atoms with Gasteiger partial charge in [-0.05, 0) is 69.1 Å². The molecular weight excluding hydrogens is 228 g/mol. The van der Waals surface area contributed by atoms with Crippen LogP contribution in [-0.2, 0) is 0 Å². The molecule has 0 bridgehead atoms. The van der Waals surface area contributed by atoms with E-state index in [1.165, 1.54) is 51.4 Å². The summed E-state index contributed by atoms with van der Waals surface area (Å²) < 4.78 is 0. The molecule has 0 saturated heterocycles. The van der Waals surface area contributed by atoms with E-state index in [0.29, 0.717) is 0 Å². The van der Waals surface area contributed by atoms with Gasteiger partial charge >= 0.3 is 0 Å². The van der Waals surface area contributed by atoms with Gasteiger partial charge in [0.2, 0.25) is 0 Å². The second-order valence-electron chi connectivity index (χ2n) is 6.61. The van der Waals surface area contributed by atoms with Crippen molar-refractivity contribution in [2.45, 2.75) is 72.6 Å². The van der Waals surface area contributed by atoms with Crippen molar-refractivity contribution in [1.82, 2.24) is 0 Å². The highest BCUT2D eigenvalue weighted by Crippen LogP contribution is 2.41. The standard InChI is InChI=1S/C18H30.CH4/c1-3-4-5-6-16-9-13-18(14-10-16)17-11-7-15(2)8-12-17;/h3-6,15-18H,7-14H2,1-2H3;1H4. The molecular formula is C19H34. The maximum atomic E-state index is 2.43. The van der Waals surface area contributed by atoms with Crippen LogP contribution >= 0.6 is 0 Å². The fourth-order valence-electron chi connectivity index (χ4n) is 3.90. The van der Waals surface area contributed by atoms with Gasteiger partial charge in [0.05, 0.1) is 0 Å². The van der Waals surface area contributed by atoms with Crippen LogP contribution in [0.2, 0.25) is 0 Å². The molecule has 2 saturated carbocycles. The summed E-state index contributed by atoms with van der Waals surface area (Å²) in [6.07, 6.45) is 20.8. The highest BCUT2D eigenvalue weighted by Gasteiger charge is 2.29. The summed E-state index contributed by atoms with van der Waals surface area (Å²) in [7, 11) is 0. The minimum absolute atomic E-state index is 0. The molecule has 110 valence electrons. The van der Waals surface area contributed by atoms with E-state index in [2.05, 4.69) is 38.2 Å². The number of hydrogen-bond acceptors (Lipinski definition) is 0. The van der Waals surface area contributed by atoms with Gasteiger partial charge in [-0.1, -0.05) is 51.5 Å². The topological polar surface area (TPSA) is 0 Å². The second-order valence-corrected chi connectivity index (χ2v) is 6.61. The summed E-state index contributed by atoms with van der Waals surface area (Å²) in [4.78, 5) is 0. The van der Waals surface area contributed by atoms with E-state index in [9.17, 15) is 0 Å². The van der Waals surface area contributed by atoms with E-state index in [4.69, 9.17) is 0 Å². The van der Waals surface area contributed by atoms with Gasteiger partial charge in [0.15, 0.2) is 0 Å². The van der Waals surface area contributed by atoms with Gasteiger partial charge in [0, 0.05) is 0 Å². The Hall–Kier alpha value is -0.520. The van der Waals surface area contributed by atoms with Crippen molar-refractivity contribution >= 4 is 0 Å². The van der Waals surface area contributed by atoms with Crippen LogP contribution in [0.15, 0.2) is 24.3 Å². The summed E-state index contributed by atoms with van der Waals surface area (Å²) in [5.74, 6) is 3.99. The molecule has 0 heterocycles. The molecule has 0 aromatic carbocycles. The normalized spacial score (nSPS) is 36.5. The summed E-state index contributed by atoms with van der Waals surface area (Å²) in [6.45, 7) is 4.52. The van der Waals surface area contributed by atoms with Gasteiger partial charge in [0.25, 0.3) is 0 Å². The maximum Gasteiger partial charge on any atom is -0.0230 e. The molecule has 2 aliphatic rings. The number of hydrogen-bond donors (Lipinski definition) is 0. The first-order chi connectivity index (χ1) is 8.79. The first-order valence-electron chi connectivity index (χ1n) is 8.09. The second kappa shape index (κ2) is 8.61. The van der Waals surface area contributed by atoms with Crippen LogP contribution in [0.4, 0.5) is 0 Å². The van der Waals surface area contributed by atoms with Crippen molar-refractivity contribution in [3.05, 3.63) is 24.3 Å². The summed E-state index contributed by atoms with van der Waals surface area (Å²) in [6, 6.07) is 0. The third kappa shape index (κ3) is 5.16. The molecule has 0 aromatic rings. The predicted octanol–water partition coefficient (Wildman–Crippen LogP) is 6.39. The smallest absolute Gasteiger partial charge is 0.0230 e. The fraction of sp³-hybridized carbons (Fsp3) is 0.789. The van der Waals surface area contributed by atoms with Crippen LogP contribution in [0.3, 0.4) is 0 Å². The molecule has 0 heteroatoms. The Kier molecular flexibility index (Phi) is 7.49. The van der Waals surface area contributed by atoms with Crippen LogP contribution in [-0.4, -0.2) is 0 Å². The molecule has 0 aromatic heterocycles. The van der Waals surface area contributed by atoms with Crippen LogP contribution in [0.5, 0.6) is 0 Å². The van der Waals surface area contributed by atoms with E-state index in [1.807, 2.05) is 0 Å². The van der Waals surface area contributed by atoms with Crippen LogP contribution in [0, 0.1) is 23.7 Å².